The highest BCUT2D eigenvalue weighted by atomic mass is 16.1. The second kappa shape index (κ2) is 6.71. The Morgan fingerprint density at radius 1 is 1.42 bits per heavy atom. The molecule has 1 atom stereocenters. The third-order valence-electron chi connectivity index (χ3n) is 3.85. The lowest BCUT2D eigenvalue weighted by atomic mass is 9.96. The summed E-state index contributed by atoms with van der Waals surface area (Å²) in [5.41, 5.74) is 3.70. The first-order valence-corrected chi connectivity index (χ1v) is 7.18. The van der Waals surface area contributed by atoms with Crippen LogP contribution in [0.3, 0.4) is 0 Å². The van der Waals surface area contributed by atoms with Crippen LogP contribution in [-0.4, -0.2) is 19.0 Å². The molecule has 1 amide bonds. The van der Waals surface area contributed by atoms with Crippen molar-refractivity contribution in [3.05, 3.63) is 34.9 Å². The molecule has 1 heterocycles. The molecule has 0 radical (unpaired) electrons. The summed E-state index contributed by atoms with van der Waals surface area (Å²) in [7, 11) is 0. The fourth-order valence-electron chi connectivity index (χ4n) is 2.62. The summed E-state index contributed by atoms with van der Waals surface area (Å²) in [4.78, 5) is 11.9. The Kier molecular flexibility index (Phi) is 4.97. The minimum atomic E-state index is 0.176. The molecule has 1 unspecified atom stereocenters. The van der Waals surface area contributed by atoms with E-state index >= 15 is 0 Å². The number of benzene rings is 1. The molecule has 1 aromatic rings. The van der Waals surface area contributed by atoms with Gasteiger partial charge in [-0.25, -0.2) is 0 Å². The average molecular weight is 260 g/mol. The van der Waals surface area contributed by atoms with Gasteiger partial charge in [-0.05, 0) is 56.8 Å². The van der Waals surface area contributed by atoms with Crippen LogP contribution in [0.15, 0.2) is 18.2 Å². The van der Waals surface area contributed by atoms with E-state index in [0.29, 0.717) is 18.9 Å². The second-order valence-electron chi connectivity index (χ2n) is 5.62. The van der Waals surface area contributed by atoms with E-state index in [1.165, 1.54) is 29.5 Å². The standard InChI is InChI=1S/C16H24N2O/c1-12-5-6-13(2)15(8-12)11-18-16(19)9-14-4-3-7-17-10-14/h5-6,8,14,17H,3-4,7,9-11H2,1-2H3,(H,18,19). The molecule has 3 nitrogen and oxygen atoms in total. The van der Waals surface area contributed by atoms with Crippen LogP contribution in [0.2, 0.25) is 0 Å². The van der Waals surface area contributed by atoms with Crippen molar-refractivity contribution < 1.29 is 4.79 Å². The zero-order chi connectivity index (χ0) is 13.7. The molecular formula is C16H24N2O. The molecule has 2 N–H and O–H groups in total. The highest BCUT2D eigenvalue weighted by Gasteiger charge is 2.16. The zero-order valence-electron chi connectivity index (χ0n) is 12.0. The molecule has 1 aliphatic heterocycles. The van der Waals surface area contributed by atoms with Crippen molar-refractivity contribution in [1.82, 2.24) is 10.6 Å². The van der Waals surface area contributed by atoms with Crippen molar-refractivity contribution in [2.75, 3.05) is 13.1 Å². The van der Waals surface area contributed by atoms with E-state index in [4.69, 9.17) is 0 Å². The van der Waals surface area contributed by atoms with E-state index in [1.54, 1.807) is 0 Å². The Morgan fingerprint density at radius 3 is 3.00 bits per heavy atom. The molecule has 0 bridgehead atoms. The maximum Gasteiger partial charge on any atom is 0.220 e. The largest absolute Gasteiger partial charge is 0.352 e. The highest BCUT2D eigenvalue weighted by Crippen LogP contribution is 2.14. The Labute approximate surface area is 115 Å². The van der Waals surface area contributed by atoms with Crippen molar-refractivity contribution in [2.45, 2.75) is 39.7 Å². The predicted octanol–water partition coefficient (Wildman–Crippen LogP) is 2.31. The number of nitrogens with one attached hydrogen (secondary N) is 2. The maximum absolute atomic E-state index is 11.9. The van der Waals surface area contributed by atoms with Gasteiger partial charge in [-0.1, -0.05) is 23.8 Å². The van der Waals surface area contributed by atoms with Gasteiger partial charge in [-0.3, -0.25) is 4.79 Å². The number of piperidine rings is 1. The minimum absolute atomic E-state index is 0.176. The van der Waals surface area contributed by atoms with Crippen LogP contribution in [0, 0.1) is 19.8 Å². The van der Waals surface area contributed by atoms with Gasteiger partial charge < -0.3 is 10.6 Å². The molecule has 104 valence electrons. The van der Waals surface area contributed by atoms with Gasteiger partial charge in [0.05, 0.1) is 0 Å². The molecule has 0 saturated carbocycles. The molecule has 1 fully saturated rings. The van der Waals surface area contributed by atoms with Gasteiger partial charge in [0.2, 0.25) is 5.91 Å². The van der Waals surface area contributed by atoms with E-state index in [9.17, 15) is 4.79 Å². The van der Waals surface area contributed by atoms with Gasteiger partial charge in [0.25, 0.3) is 0 Å². The number of rotatable bonds is 4. The molecule has 0 aromatic heterocycles. The van der Waals surface area contributed by atoms with E-state index in [2.05, 4.69) is 42.7 Å². The topological polar surface area (TPSA) is 41.1 Å². The van der Waals surface area contributed by atoms with Crippen LogP contribution >= 0.6 is 0 Å². The molecule has 1 aromatic carbocycles. The zero-order valence-corrected chi connectivity index (χ0v) is 12.0. The van der Waals surface area contributed by atoms with Crippen molar-refractivity contribution in [3.8, 4) is 0 Å². The number of hydrogen-bond acceptors (Lipinski definition) is 2. The number of hydrogen-bond donors (Lipinski definition) is 2. The normalized spacial score (nSPS) is 19.2. The van der Waals surface area contributed by atoms with Gasteiger partial charge in [0, 0.05) is 13.0 Å². The first-order chi connectivity index (χ1) is 9.15. The van der Waals surface area contributed by atoms with Crippen molar-refractivity contribution in [3.63, 3.8) is 0 Å². The summed E-state index contributed by atoms with van der Waals surface area (Å²) in [6.45, 7) is 6.90. The first-order valence-electron chi connectivity index (χ1n) is 7.18. The molecule has 0 spiro atoms. The lowest BCUT2D eigenvalue weighted by Crippen LogP contribution is -2.34. The van der Waals surface area contributed by atoms with Crippen LogP contribution in [0.25, 0.3) is 0 Å². The van der Waals surface area contributed by atoms with Crippen LogP contribution in [0.1, 0.15) is 36.0 Å². The van der Waals surface area contributed by atoms with Crippen LogP contribution in [0.4, 0.5) is 0 Å². The third-order valence-corrected chi connectivity index (χ3v) is 3.85. The Balaban J connectivity index is 1.81. The molecule has 2 rings (SSSR count). The monoisotopic (exact) mass is 260 g/mol. The number of carbonyl (C=O) groups excluding carboxylic acids is 1. The van der Waals surface area contributed by atoms with Crippen molar-refractivity contribution in [2.24, 2.45) is 5.92 Å². The van der Waals surface area contributed by atoms with E-state index < -0.39 is 0 Å². The lowest BCUT2D eigenvalue weighted by Gasteiger charge is -2.22. The fraction of sp³-hybridized carbons (Fsp3) is 0.562. The SMILES string of the molecule is Cc1ccc(C)c(CNC(=O)CC2CCCNC2)c1. The molecule has 1 saturated heterocycles. The molecule has 3 heteroatoms. The van der Waals surface area contributed by atoms with E-state index in [1.807, 2.05) is 0 Å². The van der Waals surface area contributed by atoms with Crippen LogP contribution in [0.5, 0.6) is 0 Å². The summed E-state index contributed by atoms with van der Waals surface area (Å²) >= 11 is 0. The van der Waals surface area contributed by atoms with Gasteiger partial charge in [0.1, 0.15) is 0 Å². The number of amides is 1. The summed E-state index contributed by atoms with van der Waals surface area (Å²) in [6.07, 6.45) is 3.01. The smallest absolute Gasteiger partial charge is 0.220 e. The lowest BCUT2D eigenvalue weighted by molar-refractivity contribution is -0.122. The summed E-state index contributed by atoms with van der Waals surface area (Å²) in [5, 5.41) is 6.40. The first kappa shape index (κ1) is 14.1. The van der Waals surface area contributed by atoms with E-state index in [-0.39, 0.29) is 5.91 Å². The van der Waals surface area contributed by atoms with Gasteiger partial charge in [-0.15, -0.1) is 0 Å². The predicted molar refractivity (Wildman–Crippen MR) is 78.0 cm³/mol. The summed E-state index contributed by atoms with van der Waals surface area (Å²) < 4.78 is 0. The molecule has 1 aliphatic rings. The molecule has 0 aliphatic carbocycles. The second-order valence-corrected chi connectivity index (χ2v) is 5.62. The molecular weight excluding hydrogens is 236 g/mol. The summed E-state index contributed by atoms with van der Waals surface area (Å²) in [5.74, 6) is 0.682. The minimum Gasteiger partial charge on any atom is -0.352 e. The Morgan fingerprint density at radius 2 is 2.26 bits per heavy atom. The van der Waals surface area contributed by atoms with Gasteiger partial charge in [-0.2, -0.15) is 0 Å². The maximum atomic E-state index is 11.9. The van der Waals surface area contributed by atoms with Crippen LogP contribution in [-0.2, 0) is 11.3 Å². The number of carbonyl (C=O) groups is 1. The number of aryl methyl sites for hydroxylation is 2. The molecule has 19 heavy (non-hydrogen) atoms. The van der Waals surface area contributed by atoms with Crippen molar-refractivity contribution in [1.29, 1.82) is 0 Å². The van der Waals surface area contributed by atoms with E-state index in [0.717, 1.165) is 13.1 Å². The van der Waals surface area contributed by atoms with Crippen LogP contribution < -0.4 is 10.6 Å². The summed E-state index contributed by atoms with van der Waals surface area (Å²) in [6, 6.07) is 6.37. The van der Waals surface area contributed by atoms with Gasteiger partial charge >= 0.3 is 0 Å². The Bertz CT molecular complexity index is 436. The Hall–Kier alpha value is -1.35. The fourth-order valence-corrected chi connectivity index (χ4v) is 2.62. The average Bonchev–Trinajstić information content (AvgIpc) is 2.41. The highest BCUT2D eigenvalue weighted by molar-refractivity contribution is 5.76. The van der Waals surface area contributed by atoms with Gasteiger partial charge in [0.15, 0.2) is 0 Å². The third kappa shape index (κ3) is 4.35. The quantitative estimate of drug-likeness (QED) is 0.872. The van der Waals surface area contributed by atoms with Crippen molar-refractivity contribution >= 4 is 5.91 Å².